The second kappa shape index (κ2) is 22.6. The molecule has 0 aromatic carbocycles. The lowest BCUT2D eigenvalue weighted by Gasteiger charge is -2.35. The zero-order chi connectivity index (χ0) is 28.8. The van der Waals surface area contributed by atoms with E-state index in [0.29, 0.717) is 12.8 Å². The van der Waals surface area contributed by atoms with E-state index in [1.54, 1.807) is 13.1 Å². The van der Waals surface area contributed by atoms with Crippen molar-refractivity contribution >= 4 is 24.5 Å². The van der Waals surface area contributed by atoms with Crippen LogP contribution in [0.4, 0.5) is 0 Å². The third kappa shape index (κ3) is 16.1. The molecule has 1 aliphatic heterocycles. The molecule has 0 aromatic rings. The van der Waals surface area contributed by atoms with Gasteiger partial charge in [-0.1, -0.05) is 109 Å². The molecule has 3 atom stereocenters. The van der Waals surface area contributed by atoms with E-state index in [9.17, 15) is 14.7 Å². The third-order valence-corrected chi connectivity index (χ3v) is 8.15. The van der Waals surface area contributed by atoms with Crippen LogP contribution in [0.1, 0.15) is 143 Å². The molecule has 0 radical (unpaired) electrons. The highest BCUT2D eigenvalue weighted by Gasteiger charge is 2.42. The number of hydrogen-bond acceptors (Lipinski definition) is 7. The molecule has 7 nitrogen and oxygen atoms in total. The molecular formula is C31H57NO6S. The van der Waals surface area contributed by atoms with Crippen LogP contribution in [0, 0.1) is 0 Å². The third-order valence-electron chi connectivity index (χ3n) is 7.54. The van der Waals surface area contributed by atoms with Gasteiger partial charge in [0, 0.05) is 25.3 Å². The van der Waals surface area contributed by atoms with E-state index < -0.39 is 23.9 Å². The van der Waals surface area contributed by atoms with Crippen molar-refractivity contribution in [3.8, 4) is 0 Å². The Balaban J connectivity index is 2.17. The van der Waals surface area contributed by atoms with Gasteiger partial charge >= 0.3 is 5.97 Å². The van der Waals surface area contributed by atoms with Gasteiger partial charge in [-0.3, -0.25) is 9.68 Å². The first-order valence-electron chi connectivity index (χ1n) is 15.6. The highest BCUT2D eigenvalue weighted by atomic mass is 32.1. The Labute approximate surface area is 243 Å². The number of hydrogen-bond donors (Lipinski definition) is 2. The Bertz CT molecular complexity index is 667. The molecule has 1 rings (SSSR count). The van der Waals surface area contributed by atoms with Crippen LogP contribution in [0.25, 0.3) is 0 Å². The number of thiol groups is 1. The SMILES string of the molecule is CCCCCCCCCCCCCCCCCCC=CN(C(C)=O)C(C)(CS)C(=O)OO[C@H]1CC[C@H](O)CO1. The van der Waals surface area contributed by atoms with Crippen molar-refractivity contribution in [1.29, 1.82) is 0 Å². The summed E-state index contributed by atoms with van der Waals surface area (Å²) >= 11 is 4.32. The van der Waals surface area contributed by atoms with Crippen LogP contribution in [0.3, 0.4) is 0 Å². The highest BCUT2D eigenvalue weighted by Crippen LogP contribution is 2.23. The van der Waals surface area contributed by atoms with Gasteiger partial charge in [0.2, 0.25) is 12.2 Å². The fraction of sp³-hybridized carbons (Fsp3) is 0.871. The van der Waals surface area contributed by atoms with Gasteiger partial charge in [-0.15, -0.1) is 0 Å². The fourth-order valence-electron chi connectivity index (χ4n) is 4.82. The van der Waals surface area contributed by atoms with Crippen LogP contribution < -0.4 is 0 Å². The van der Waals surface area contributed by atoms with E-state index >= 15 is 0 Å². The number of carbonyl (C=O) groups is 2. The molecule has 1 heterocycles. The molecule has 1 N–H and O–H groups in total. The minimum absolute atomic E-state index is 0.0718. The summed E-state index contributed by atoms with van der Waals surface area (Å²) in [7, 11) is 0. The molecule has 0 saturated carbocycles. The monoisotopic (exact) mass is 571 g/mol. The van der Waals surface area contributed by atoms with Crippen LogP contribution in [0.15, 0.2) is 12.3 Å². The normalized spacial score (nSPS) is 19.2. The van der Waals surface area contributed by atoms with Crippen molar-refractivity contribution in [2.45, 2.75) is 161 Å². The van der Waals surface area contributed by atoms with Crippen LogP contribution in [0.5, 0.6) is 0 Å². The summed E-state index contributed by atoms with van der Waals surface area (Å²) in [6.45, 7) is 5.43. The summed E-state index contributed by atoms with van der Waals surface area (Å²) in [6, 6.07) is 0. The maximum atomic E-state index is 12.8. The zero-order valence-corrected chi connectivity index (χ0v) is 25.9. The summed E-state index contributed by atoms with van der Waals surface area (Å²) in [5.41, 5.74) is -1.31. The van der Waals surface area contributed by atoms with Crippen LogP contribution in [-0.4, -0.2) is 52.2 Å². The number of ether oxygens (including phenoxy) is 1. The number of allylic oxidation sites excluding steroid dienone is 1. The Hall–Kier alpha value is -1.09. The lowest BCUT2D eigenvalue weighted by atomic mass is 10.0. The van der Waals surface area contributed by atoms with E-state index in [1.165, 1.54) is 102 Å². The summed E-state index contributed by atoms with van der Waals surface area (Å²) < 4.78 is 5.30. The number of rotatable bonds is 23. The van der Waals surface area contributed by atoms with Crippen LogP contribution in [0.2, 0.25) is 0 Å². The highest BCUT2D eigenvalue weighted by molar-refractivity contribution is 7.80. The molecule has 1 aliphatic rings. The van der Waals surface area contributed by atoms with Crippen LogP contribution >= 0.6 is 12.6 Å². The summed E-state index contributed by atoms with van der Waals surface area (Å²) in [5.74, 6) is -0.916. The van der Waals surface area contributed by atoms with Gasteiger partial charge in [-0.25, -0.2) is 4.79 Å². The van der Waals surface area contributed by atoms with E-state index in [4.69, 9.17) is 14.5 Å². The van der Waals surface area contributed by atoms with Gasteiger partial charge in [0.1, 0.15) is 0 Å². The molecular weight excluding hydrogens is 514 g/mol. The smallest absolute Gasteiger partial charge is 0.368 e. The zero-order valence-electron chi connectivity index (χ0n) is 25.0. The molecule has 0 aromatic heterocycles. The maximum absolute atomic E-state index is 12.8. The van der Waals surface area contributed by atoms with Gasteiger partial charge in [-0.2, -0.15) is 17.5 Å². The first-order valence-corrected chi connectivity index (χ1v) is 16.2. The summed E-state index contributed by atoms with van der Waals surface area (Å²) in [5, 5.41) is 9.50. The van der Waals surface area contributed by atoms with Gasteiger partial charge in [0.05, 0.1) is 12.7 Å². The summed E-state index contributed by atoms with van der Waals surface area (Å²) in [6.07, 6.45) is 25.5. The van der Waals surface area contributed by atoms with E-state index in [2.05, 4.69) is 19.6 Å². The second-order valence-electron chi connectivity index (χ2n) is 11.3. The molecule has 1 fully saturated rings. The Morgan fingerprint density at radius 1 is 0.923 bits per heavy atom. The Morgan fingerprint density at radius 3 is 1.87 bits per heavy atom. The largest absolute Gasteiger partial charge is 0.391 e. The maximum Gasteiger partial charge on any atom is 0.368 e. The molecule has 1 amide bonds. The minimum atomic E-state index is -1.31. The molecule has 39 heavy (non-hydrogen) atoms. The van der Waals surface area contributed by atoms with Crippen LogP contribution in [-0.2, 0) is 24.1 Å². The molecule has 0 aliphatic carbocycles. The van der Waals surface area contributed by atoms with Gasteiger partial charge in [0.15, 0.2) is 5.54 Å². The van der Waals surface area contributed by atoms with Gasteiger partial charge in [0.25, 0.3) is 0 Å². The Morgan fingerprint density at radius 2 is 1.44 bits per heavy atom. The molecule has 1 saturated heterocycles. The number of nitrogens with zero attached hydrogens (tertiary/aromatic N) is 1. The molecule has 8 heteroatoms. The first kappa shape index (κ1) is 35.9. The fourth-order valence-corrected chi connectivity index (χ4v) is 5.10. The van der Waals surface area contributed by atoms with E-state index in [0.717, 1.165) is 19.3 Å². The van der Waals surface area contributed by atoms with Crippen molar-refractivity contribution in [3.05, 3.63) is 12.3 Å². The Kier molecular flexibility index (Phi) is 20.8. The molecule has 1 unspecified atom stereocenters. The molecule has 0 bridgehead atoms. The van der Waals surface area contributed by atoms with E-state index in [-0.39, 0.29) is 18.3 Å². The van der Waals surface area contributed by atoms with Crippen molar-refractivity contribution in [3.63, 3.8) is 0 Å². The second-order valence-corrected chi connectivity index (χ2v) is 11.6. The minimum Gasteiger partial charge on any atom is -0.391 e. The predicted octanol–water partition coefficient (Wildman–Crippen LogP) is 7.66. The van der Waals surface area contributed by atoms with E-state index in [1.807, 2.05) is 6.08 Å². The van der Waals surface area contributed by atoms with Gasteiger partial charge in [-0.05, 0) is 26.2 Å². The average molecular weight is 572 g/mol. The summed E-state index contributed by atoms with van der Waals surface area (Å²) in [4.78, 5) is 36.7. The number of unbranched alkanes of at least 4 members (excludes halogenated alkanes) is 16. The lowest BCUT2D eigenvalue weighted by Crippen LogP contribution is -2.54. The number of carbonyl (C=O) groups excluding carboxylic acids is 2. The van der Waals surface area contributed by atoms with Crippen molar-refractivity contribution < 1.29 is 29.2 Å². The number of aliphatic hydroxyl groups is 1. The predicted molar refractivity (Wildman–Crippen MR) is 160 cm³/mol. The van der Waals surface area contributed by atoms with Gasteiger partial charge < -0.3 is 14.7 Å². The van der Waals surface area contributed by atoms with Crippen molar-refractivity contribution in [2.24, 2.45) is 0 Å². The number of amides is 1. The topological polar surface area (TPSA) is 85.3 Å². The van der Waals surface area contributed by atoms with Crippen molar-refractivity contribution in [2.75, 3.05) is 12.4 Å². The molecule has 0 spiro atoms. The standard InChI is InChI=1S/C31H57NO6S/c1-4-5-6-7-8-9-10-11-12-13-14-15-16-17-18-19-20-21-24-32(27(2)33)31(3,26-39)30(35)38-37-29-23-22-28(34)25-36-29/h21,24,28-29,34,39H,4-20,22-23,25-26H2,1-3H3/t28-,29-,31?/m0/s1. The average Bonchev–Trinajstić information content (AvgIpc) is 2.93. The quantitative estimate of drug-likeness (QED) is 0.0567. The molecule has 228 valence electrons. The number of aliphatic hydroxyl groups excluding tert-OH is 1. The lowest BCUT2D eigenvalue weighted by molar-refractivity contribution is -0.365. The first-order chi connectivity index (χ1) is 18.8. The van der Waals surface area contributed by atoms with Crippen molar-refractivity contribution in [1.82, 2.24) is 4.90 Å².